The van der Waals surface area contributed by atoms with Gasteiger partial charge in [-0.05, 0) is 23.9 Å². The molecule has 0 atom stereocenters. The first-order chi connectivity index (χ1) is 19.6. The largest absolute Gasteiger partial charge is 0.374 e. The average Bonchev–Trinajstić information content (AvgIpc) is 3.62. The van der Waals surface area contributed by atoms with Gasteiger partial charge in [-0.15, -0.1) is 11.3 Å². The van der Waals surface area contributed by atoms with Crippen LogP contribution in [0.2, 0.25) is 0 Å². The summed E-state index contributed by atoms with van der Waals surface area (Å²) in [6.07, 6.45) is 0. The lowest BCUT2D eigenvalue weighted by molar-refractivity contribution is -0.105. The van der Waals surface area contributed by atoms with E-state index in [4.69, 9.17) is 10.6 Å². The van der Waals surface area contributed by atoms with Gasteiger partial charge in [-0.2, -0.15) is 9.36 Å². The lowest BCUT2D eigenvalue weighted by atomic mass is 9.80. The highest BCUT2D eigenvalue weighted by Gasteiger charge is 2.40. The van der Waals surface area contributed by atoms with E-state index in [1.54, 1.807) is 0 Å². The maximum Gasteiger partial charge on any atom is 0.252 e. The van der Waals surface area contributed by atoms with Crippen LogP contribution in [0.5, 0.6) is 0 Å². The number of thioether (sulfide) groups is 1. The summed E-state index contributed by atoms with van der Waals surface area (Å²) >= 11 is 3.38. The van der Waals surface area contributed by atoms with E-state index >= 15 is 0 Å². The molecule has 0 aliphatic heterocycles. The topological polar surface area (TPSA) is 103 Å². The van der Waals surface area contributed by atoms with E-state index in [1.807, 2.05) is 115 Å². The highest BCUT2D eigenvalue weighted by atomic mass is 32.2. The Hall–Kier alpha value is -4.38. The van der Waals surface area contributed by atoms with E-state index in [0.717, 1.165) is 50.2 Å². The molecule has 196 valence electrons. The average molecular weight is 580 g/mol. The second kappa shape index (κ2) is 11.4. The molecular formula is C30H21N5O2S3. The molecule has 0 aliphatic rings. The third-order valence-electron chi connectivity index (χ3n) is 6.12. The van der Waals surface area contributed by atoms with Crippen LogP contribution in [0.25, 0.3) is 10.2 Å². The Balaban J connectivity index is 1.48. The van der Waals surface area contributed by atoms with E-state index in [9.17, 15) is 4.79 Å². The van der Waals surface area contributed by atoms with Gasteiger partial charge in [0, 0.05) is 28.2 Å². The zero-order chi connectivity index (χ0) is 27.4. The van der Waals surface area contributed by atoms with Gasteiger partial charge in [0.05, 0.1) is 10.2 Å². The third-order valence-corrected chi connectivity index (χ3v) is 8.63. The highest BCUT2D eigenvalue weighted by molar-refractivity contribution is 8.16. The van der Waals surface area contributed by atoms with Crippen molar-refractivity contribution in [3.63, 3.8) is 0 Å². The summed E-state index contributed by atoms with van der Waals surface area (Å²) in [5.41, 5.74) is 8.02. The first-order valence-corrected chi connectivity index (χ1v) is 14.6. The smallest absolute Gasteiger partial charge is 0.252 e. The van der Waals surface area contributed by atoms with Crippen molar-refractivity contribution in [1.82, 2.24) is 14.3 Å². The van der Waals surface area contributed by atoms with E-state index in [1.165, 1.54) is 11.3 Å². The molecule has 0 spiro atoms. The number of carbonyl (C=O) groups is 1. The van der Waals surface area contributed by atoms with Gasteiger partial charge in [0.2, 0.25) is 17.1 Å². The number of aromatic nitrogens is 3. The van der Waals surface area contributed by atoms with E-state index in [0.29, 0.717) is 4.34 Å². The summed E-state index contributed by atoms with van der Waals surface area (Å²) in [6, 6.07) is 37.1. The number of benzene rings is 4. The predicted molar refractivity (Wildman–Crippen MR) is 162 cm³/mol. The minimum atomic E-state index is -1.17. The predicted octanol–water partition coefficient (Wildman–Crippen LogP) is 6.76. The van der Waals surface area contributed by atoms with Crippen molar-refractivity contribution in [3.05, 3.63) is 138 Å². The molecule has 10 heteroatoms. The van der Waals surface area contributed by atoms with Crippen molar-refractivity contribution in [1.29, 1.82) is 0 Å². The molecule has 0 aliphatic carbocycles. The zero-order valence-corrected chi connectivity index (χ0v) is 23.3. The van der Waals surface area contributed by atoms with Gasteiger partial charge in [0.1, 0.15) is 0 Å². The summed E-state index contributed by atoms with van der Waals surface area (Å²) in [5, 5.41) is 4.33. The Morgan fingerprint density at radius 3 is 1.85 bits per heavy atom. The number of hydrogen-bond donors (Lipinski definition) is 1. The summed E-state index contributed by atoms with van der Waals surface area (Å²) in [7, 11) is 0. The SMILES string of the molecule is Nc1nc(/C(=N/OC(c2ccccc2)(c2ccccc2)c2ccccc2)C(=O)Sc2nc3ccccc3s2)ns1. The normalized spacial score (nSPS) is 11.9. The number of nitrogens with two attached hydrogens (primary N) is 1. The molecule has 2 aromatic heterocycles. The van der Waals surface area contributed by atoms with Crippen molar-refractivity contribution in [2.45, 2.75) is 9.94 Å². The number of carbonyl (C=O) groups excluding carboxylic acids is 1. The Kier molecular flexibility index (Phi) is 7.37. The Morgan fingerprint density at radius 2 is 1.32 bits per heavy atom. The molecular weight excluding hydrogens is 559 g/mol. The molecule has 7 nitrogen and oxygen atoms in total. The number of rotatable bonds is 8. The van der Waals surface area contributed by atoms with Crippen molar-refractivity contribution in [3.8, 4) is 0 Å². The summed E-state index contributed by atoms with van der Waals surface area (Å²) < 4.78 is 5.86. The summed E-state index contributed by atoms with van der Waals surface area (Å²) in [4.78, 5) is 29.1. The van der Waals surface area contributed by atoms with Gasteiger partial charge in [-0.3, -0.25) is 4.79 Å². The minimum absolute atomic E-state index is 0.0515. The molecule has 0 saturated carbocycles. The maximum absolute atomic E-state index is 13.7. The number of nitrogens with zero attached hydrogens (tertiary/aromatic N) is 4. The van der Waals surface area contributed by atoms with Crippen molar-refractivity contribution in [2.24, 2.45) is 5.16 Å². The maximum atomic E-state index is 13.7. The van der Waals surface area contributed by atoms with Crippen LogP contribution < -0.4 is 5.73 Å². The molecule has 40 heavy (non-hydrogen) atoms. The number of hydrogen-bond acceptors (Lipinski definition) is 10. The second-order valence-corrected chi connectivity index (χ2v) is 11.6. The van der Waals surface area contributed by atoms with E-state index in [-0.39, 0.29) is 16.7 Å². The first-order valence-electron chi connectivity index (χ1n) is 12.2. The molecule has 0 fully saturated rings. The fourth-order valence-corrected chi connectivity index (χ4v) is 6.64. The highest BCUT2D eigenvalue weighted by Crippen LogP contribution is 2.41. The number of anilines is 1. The second-order valence-electron chi connectivity index (χ2n) is 8.60. The van der Waals surface area contributed by atoms with Crippen LogP contribution in [-0.2, 0) is 15.2 Å². The number of fused-ring (bicyclic) bond motifs is 1. The lowest BCUT2D eigenvalue weighted by Gasteiger charge is -2.33. The number of oxime groups is 1. The van der Waals surface area contributed by atoms with Crippen molar-refractivity contribution in [2.75, 3.05) is 5.73 Å². The van der Waals surface area contributed by atoms with Crippen molar-refractivity contribution < 1.29 is 9.63 Å². The Labute approximate surface area is 242 Å². The lowest BCUT2D eigenvalue weighted by Crippen LogP contribution is -2.32. The molecule has 0 bridgehead atoms. The first kappa shape index (κ1) is 25.9. The van der Waals surface area contributed by atoms with Crippen LogP contribution in [0, 0.1) is 0 Å². The standard InChI is InChI=1S/C30H21N5O2S3/c31-28-33-26(35-40-28)25(27(36)39-29-32-23-18-10-11-19-24(23)38-29)34-37-30(20-12-4-1-5-13-20,21-14-6-2-7-15-21)22-16-8-3-9-17-22/h1-19H,(H2,31,33,35)/b34-25-. The molecule has 0 saturated heterocycles. The zero-order valence-electron chi connectivity index (χ0n) is 20.9. The van der Waals surface area contributed by atoms with Crippen LogP contribution >= 0.6 is 34.6 Å². The van der Waals surface area contributed by atoms with Crippen LogP contribution in [0.3, 0.4) is 0 Å². The van der Waals surface area contributed by atoms with Gasteiger partial charge in [0.15, 0.2) is 9.47 Å². The molecule has 0 radical (unpaired) electrons. The van der Waals surface area contributed by atoms with Gasteiger partial charge < -0.3 is 10.6 Å². The molecule has 2 heterocycles. The van der Waals surface area contributed by atoms with Crippen LogP contribution in [-0.4, -0.2) is 25.2 Å². The number of thiazole rings is 1. The molecule has 4 aromatic carbocycles. The summed E-state index contributed by atoms with van der Waals surface area (Å²) in [6.45, 7) is 0. The number of para-hydroxylation sites is 1. The quantitative estimate of drug-likeness (QED) is 0.0919. The van der Waals surface area contributed by atoms with Crippen LogP contribution in [0.4, 0.5) is 5.13 Å². The fraction of sp³-hybridized carbons (Fsp3) is 0.0333. The summed E-state index contributed by atoms with van der Waals surface area (Å²) in [5.74, 6) is 0.101. The van der Waals surface area contributed by atoms with Crippen LogP contribution in [0.15, 0.2) is 125 Å². The van der Waals surface area contributed by atoms with E-state index in [2.05, 4.69) is 19.5 Å². The minimum Gasteiger partial charge on any atom is -0.374 e. The van der Waals surface area contributed by atoms with Gasteiger partial charge in [0.25, 0.3) is 5.12 Å². The third kappa shape index (κ3) is 5.12. The van der Waals surface area contributed by atoms with Crippen LogP contribution in [0.1, 0.15) is 22.5 Å². The molecule has 2 N–H and O–H groups in total. The monoisotopic (exact) mass is 579 g/mol. The Bertz CT molecular complexity index is 1660. The van der Waals surface area contributed by atoms with Gasteiger partial charge >= 0.3 is 0 Å². The fourth-order valence-electron chi connectivity index (χ4n) is 4.31. The molecule has 0 unspecified atom stereocenters. The molecule has 6 aromatic rings. The van der Waals surface area contributed by atoms with Crippen molar-refractivity contribution >= 4 is 60.8 Å². The molecule has 0 amide bonds. The Morgan fingerprint density at radius 1 is 0.775 bits per heavy atom. The molecule has 6 rings (SSSR count). The van der Waals surface area contributed by atoms with Gasteiger partial charge in [-0.25, -0.2) is 4.98 Å². The van der Waals surface area contributed by atoms with E-state index < -0.39 is 10.7 Å². The number of nitrogen functional groups attached to an aromatic ring is 1. The van der Waals surface area contributed by atoms with Gasteiger partial charge in [-0.1, -0.05) is 108 Å².